The summed E-state index contributed by atoms with van der Waals surface area (Å²) in [6.45, 7) is 14.3. The standard InChI is InChI=1S/C23H37N3O9SSi/c1-13(2)20(28)32-11-16-23(15(24)12-36(30,31)35-23)17(34-37(8,9)22(4,5)6)19(33-16)26-10-14(3)18(27)25(7)21(26)29/h10,12-13,16-17,19H,11,24H2,1-9H3/t16-,17+,19-,23?/m1/s1. The zero-order valence-corrected chi connectivity index (χ0v) is 24.5. The maximum Gasteiger partial charge on any atom is 0.332 e. The highest BCUT2D eigenvalue weighted by Crippen LogP contribution is 2.51. The minimum absolute atomic E-state index is 0.195. The second-order valence-electron chi connectivity index (χ2n) is 11.4. The Morgan fingerprint density at radius 2 is 1.86 bits per heavy atom. The van der Waals surface area contributed by atoms with Gasteiger partial charge in [0.25, 0.3) is 15.7 Å². The topological polar surface area (TPSA) is 158 Å². The molecule has 14 heteroatoms. The van der Waals surface area contributed by atoms with Crippen molar-refractivity contribution in [1.29, 1.82) is 0 Å². The Morgan fingerprint density at radius 1 is 1.27 bits per heavy atom. The van der Waals surface area contributed by atoms with Crippen molar-refractivity contribution in [1.82, 2.24) is 9.13 Å². The van der Waals surface area contributed by atoms with E-state index in [1.165, 1.54) is 17.8 Å². The summed E-state index contributed by atoms with van der Waals surface area (Å²) in [5.74, 6) is -0.995. The van der Waals surface area contributed by atoms with Crippen LogP contribution in [0.15, 0.2) is 26.9 Å². The number of hydrogen-bond donors (Lipinski definition) is 1. The monoisotopic (exact) mass is 559 g/mol. The molecular weight excluding hydrogens is 522 g/mol. The molecular formula is C23H37N3O9SSi. The Balaban J connectivity index is 2.26. The van der Waals surface area contributed by atoms with Gasteiger partial charge in [0.15, 0.2) is 20.1 Å². The van der Waals surface area contributed by atoms with Gasteiger partial charge in [-0.2, -0.15) is 8.42 Å². The van der Waals surface area contributed by atoms with Crippen LogP contribution >= 0.6 is 0 Å². The predicted octanol–water partition coefficient (Wildman–Crippen LogP) is 1.24. The van der Waals surface area contributed by atoms with Gasteiger partial charge in [-0.1, -0.05) is 34.6 Å². The van der Waals surface area contributed by atoms with Crippen molar-refractivity contribution in [3.63, 3.8) is 0 Å². The summed E-state index contributed by atoms with van der Waals surface area (Å²) < 4.78 is 51.4. The summed E-state index contributed by atoms with van der Waals surface area (Å²) in [5.41, 5.74) is 3.26. The Kier molecular flexibility index (Phi) is 7.51. The zero-order chi connectivity index (χ0) is 28.3. The van der Waals surface area contributed by atoms with E-state index in [9.17, 15) is 22.8 Å². The number of rotatable bonds is 6. The second-order valence-corrected chi connectivity index (χ2v) is 17.6. The van der Waals surface area contributed by atoms with Crippen LogP contribution in [0.25, 0.3) is 0 Å². The molecule has 0 aliphatic carbocycles. The van der Waals surface area contributed by atoms with Gasteiger partial charge in [0.05, 0.1) is 17.0 Å². The summed E-state index contributed by atoms with van der Waals surface area (Å²) in [5, 5.41) is 0.452. The van der Waals surface area contributed by atoms with E-state index in [4.69, 9.17) is 23.8 Å². The highest BCUT2D eigenvalue weighted by molar-refractivity contribution is 7.90. The summed E-state index contributed by atoms with van der Waals surface area (Å²) in [6.07, 6.45) is -2.40. The van der Waals surface area contributed by atoms with Crippen LogP contribution in [0.2, 0.25) is 18.1 Å². The number of nitrogens with zero attached hydrogens (tertiary/aromatic N) is 2. The third-order valence-electron chi connectivity index (χ3n) is 7.27. The molecule has 4 atom stereocenters. The molecule has 0 saturated carbocycles. The first-order valence-electron chi connectivity index (χ1n) is 12.0. The van der Waals surface area contributed by atoms with Crippen LogP contribution in [-0.4, -0.2) is 56.3 Å². The van der Waals surface area contributed by atoms with E-state index in [0.29, 0.717) is 0 Å². The number of ether oxygens (including phenoxy) is 2. The maximum atomic E-state index is 13.2. The Bertz CT molecular complexity index is 1340. The van der Waals surface area contributed by atoms with Crippen LogP contribution in [0.5, 0.6) is 0 Å². The first-order chi connectivity index (χ1) is 16.7. The van der Waals surface area contributed by atoms with Gasteiger partial charge in [-0.3, -0.25) is 18.7 Å². The molecule has 0 amide bonds. The fourth-order valence-corrected chi connectivity index (χ4v) is 6.57. The number of carbonyl (C=O) groups is 1. The number of hydrogen-bond acceptors (Lipinski definition) is 10. The van der Waals surface area contributed by atoms with Gasteiger partial charge in [-0.05, 0) is 25.1 Å². The Hall–Kier alpha value is -2.26. The van der Waals surface area contributed by atoms with Crippen molar-refractivity contribution in [2.75, 3.05) is 6.61 Å². The fraction of sp³-hybridized carbons (Fsp3) is 0.696. The van der Waals surface area contributed by atoms with Gasteiger partial charge in [0, 0.05) is 18.8 Å². The molecule has 1 aromatic heterocycles. The zero-order valence-electron chi connectivity index (χ0n) is 22.7. The van der Waals surface area contributed by atoms with Gasteiger partial charge in [-0.25, -0.2) is 8.98 Å². The second kappa shape index (κ2) is 9.49. The van der Waals surface area contributed by atoms with E-state index in [1.54, 1.807) is 20.8 Å². The van der Waals surface area contributed by atoms with Gasteiger partial charge in [0.1, 0.15) is 18.8 Å². The lowest BCUT2D eigenvalue weighted by molar-refractivity contribution is -0.154. The lowest BCUT2D eigenvalue weighted by atomic mass is 9.89. The van der Waals surface area contributed by atoms with Crippen LogP contribution in [-0.2, 0) is 40.0 Å². The minimum Gasteiger partial charge on any atom is -0.463 e. The SMILES string of the molecule is Cc1cn([C@@H]2O[C@H](COC(=O)C(C)C)C3(OS(=O)(=O)C=C3N)[C@H]2O[Si](C)(C)C(C)(C)C)c(=O)n(C)c1=O. The molecule has 37 heavy (non-hydrogen) atoms. The lowest BCUT2D eigenvalue weighted by Crippen LogP contribution is -2.59. The number of esters is 1. The summed E-state index contributed by atoms with van der Waals surface area (Å²) in [4.78, 5) is 37.9. The van der Waals surface area contributed by atoms with Crippen molar-refractivity contribution in [3.8, 4) is 0 Å². The molecule has 1 unspecified atom stereocenters. The Labute approximate surface area is 217 Å². The van der Waals surface area contributed by atoms with Crippen molar-refractivity contribution >= 4 is 24.4 Å². The van der Waals surface area contributed by atoms with E-state index in [-0.39, 0.29) is 16.3 Å². The minimum atomic E-state index is -4.25. The van der Waals surface area contributed by atoms with Crippen molar-refractivity contribution in [2.24, 2.45) is 18.7 Å². The first kappa shape index (κ1) is 29.3. The van der Waals surface area contributed by atoms with Crippen molar-refractivity contribution < 1.29 is 31.3 Å². The van der Waals surface area contributed by atoms with Crippen LogP contribution in [0, 0.1) is 12.8 Å². The van der Waals surface area contributed by atoms with Gasteiger partial charge >= 0.3 is 11.7 Å². The number of nitrogens with two attached hydrogens (primary N) is 1. The van der Waals surface area contributed by atoms with Gasteiger partial charge in [0.2, 0.25) is 0 Å². The molecule has 2 N–H and O–H groups in total. The van der Waals surface area contributed by atoms with Crippen LogP contribution in [0.1, 0.15) is 46.4 Å². The number of carbonyl (C=O) groups excluding carboxylic acids is 1. The quantitative estimate of drug-likeness (QED) is 0.305. The van der Waals surface area contributed by atoms with E-state index in [0.717, 1.165) is 9.98 Å². The molecule has 0 radical (unpaired) electrons. The molecule has 1 saturated heterocycles. The van der Waals surface area contributed by atoms with Crippen molar-refractivity contribution in [3.05, 3.63) is 43.7 Å². The summed E-state index contributed by atoms with van der Waals surface area (Å²) in [6, 6.07) is 0. The number of aryl methyl sites for hydroxylation is 1. The highest BCUT2D eigenvalue weighted by atomic mass is 32.2. The molecule has 0 bridgehead atoms. The predicted molar refractivity (Wildman–Crippen MR) is 137 cm³/mol. The van der Waals surface area contributed by atoms with Crippen molar-refractivity contribution in [2.45, 2.75) is 83.7 Å². The van der Waals surface area contributed by atoms with Crippen LogP contribution < -0.4 is 17.0 Å². The molecule has 0 aromatic carbocycles. The molecule has 1 spiro atoms. The molecule has 208 valence electrons. The maximum absolute atomic E-state index is 13.2. The summed E-state index contributed by atoms with van der Waals surface area (Å²) in [7, 11) is -5.62. The first-order valence-corrected chi connectivity index (χ1v) is 16.3. The highest BCUT2D eigenvalue weighted by Gasteiger charge is 2.67. The third-order valence-corrected chi connectivity index (χ3v) is 12.8. The Morgan fingerprint density at radius 3 is 2.35 bits per heavy atom. The molecule has 2 aliphatic rings. The molecule has 3 rings (SSSR count). The average Bonchev–Trinajstić information content (AvgIpc) is 3.18. The summed E-state index contributed by atoms with van der Waals surface area (Å²) >= 11 is 0. The average molecular weight is 560 g/mol. The van der Waals surface area contributed by atoms with E-state index in [1.807, 2.05) is 33.9 Å². The fourth-order valence-electron chi connectivity index (χ4n) is 4.06. The molecule has 1 aromatic rings. The normalized spacial score (nSPS) is 27.6. The smallest absolute Gasteiger partial charge is 0.332 e. The van der Waals surface area contributed by atoms with E-state index >= 15 is 0 Å². The van der Waals surface area contributed by atoms with Gasteiger partial charge < -0.3 is 19.6 Å². The van der Waals surface area contributed by atoms with Gasteiger partial charge in [-0.15, -0.1) is 0 Å². The number of aromatic nitrogens is 2. The molecule has 2 aliphatic heterocycles. The molecule has 1 fully saturated rings. The molecule has 12 nitrogen and oxygen atoms in total. The van der Waals surface area contributed by atoms with Crippen LogP contribution in [0.3, 0.4) is 0 Å². The lowest BCUT2D eigenvalue weighted by Gasteiger charge is -2.43. The third kappa shape index (κ3) is 5.09. The van der Waals surface area contributed by atoms with E-state index < -0.39 is 72.2 Å². The van der Waals surface area contributed by atoms with E-state index in [2.05, 4.69) is 0 Å². The largest absolute Gasteiger partial charge is 0.463 e. The molecule has 3 heterocycles. The van der Waals surface area contributed by atoms with Crippen LogP contribution in [0.4, 0.5) is 0 Å².